The van der Waals surface area contributed by atoms with Gasteiger partial charge in [0.05, 0.1) is 28.7 Å². The maximum Gasteiger partial charge on any atom is 0.232 e. The minimum absolute atomic E-state index is 0.0243. The topological polar surface area (TPSA) is 139 Å². The van der Waals surface area contributed by atoms with Gasteiger partial charge in [-0.05, 0) is 46.8 Å². The third-order valence-corrected chi connectivity index (χ3v) is 7.30. The van der Waals surface area contributed by atoms with Gasteiger partial charge in [0.25, 0.3) is 0 Å². The van der Waals surface area contributed by atoms with Crippen molar-refractivity contribution in [1.82, 2.24) is 50.5 Å². The van der Waals surface area contributed by atoms with Gasteiger partial charge in [0.2, 0.25) is 5.89 Å². The largest absolute Gasteiger partial charge is 0.361 e. The molecule has 0 saturated heterocycles. The standard InChI is InChI=1S/C11H19NO.C10H19N3.C10H18N2O.C9H18N4/c1-10(2,3)8-7-9(13-12-8)11(4,5)6;1-9(2,3)8-7-11-13(12-8)10(4,5)6;1-9(2,3)7-11-8(13-12-7)10(4,5)6;1-8(2,3)7-10-12-13(11-7)9(4,5)6/h2*7H,1-6H3;2*1-6H3. The number of tetrazole rings is 1. The molecule has 0 aromatic carbocycles. The first kappa shape index (κ1) is 46.6. The van der Waals surface area contributed by atoms with Crippen LogP contribution in [0.5, 0.6) is 0 Å². The third kappa shape index (κ3) is 14.9. The van der Waals surface area contributed by atoms with Gasteiger partial charge in [-0.15, -0.1) is 10.2 Å². The zero-order valence-electron chi connectivity index (χ0n) is 37.4. The predicted molar refractivity (Wildman–Crippen MR) is 211 cm³/mol. The molecule has 0 fully saturated rings. The third-order valence-electron chi connectivity index (χ3n) is 7.30. The lowest BCUT2D eigenvalue weighted by Gasteiger charge is -2.18. The van der Waals surface area contributed by atoms with Crippen molar-refractivity contribution < 1.29 is 9.05 Å². The minimum Gasteiger partial charge on any atom is -0.361 e. The summed E-state index contributed by atoms with van der Waals surface area (Å²) in [6.45, 7) is 50.3. The second kappa shape index (κ2) is 15.9. The highest BCUT2D eigenvalue weighted by Gasteiger charge is 2.28. The molecule has 296 valence electrons. The molecule has 0 bridgehead atoms. The van der Waals surface area contributed by atoms with Gasteiger partial charge in [0, 0.05) is 38.6 Å². The molecule has 0 aliphatic carbocycles. The van der Waals surface area contributed by atoms with Crippen molar-refractivity contribution in [2.24, 2.45) is 0 Å². The zero-order valence-corrected chi connectivity index (χ0v) is 37.4. The molecule has 0 spiro atoms. The number of hydrogen-bond acceptors (Lipinski definition) is 10. The maximum absolute atomic E-state index is 5.31. The first-order chi connectivity index (χ1) is 22.8. The quantitative estimate of drug-likeness (QED) is 0.172. The number of rotatable bonds is 0. The summed E-state index contributed by atoms with van der Waals surface area (Å²) in [6.07, 6.45) is 1.85. The molecule has 0 N–H and O–H groups in total. The fourth-order valence-corrected chi connectivity index (χ4v) is 3.54. The average Bonchev–Trinajstić information content (AvgIpc) is 3.72. The lowest BCUT2D eigenvalue weighted by Crippen LogP contribution is -2.25. The first-order valence-electron chi connectivity index (χ1n) is 18.4. The van der Waals surface area contributed by atoms with Crippen LogP contribution in [-0.2, 0) is 43.6 Å². The number of hydrogen-bond donors (Lipinski definition) is 0. The second-order valence-corrected chi connectivity index (χ2v) is 21.8. The lowest BCUT2D eigenvalue weighted by molar-refractivity contribution is 0.303. The Morgan fingerprint density at radius 2 is 0.942 bits per heavy atom. The van der Waals surface area contributed by atoms with E-state index in [1.165, 1.54) is 0 Å². The summed E-state index contributed by atoms with van der Waals surface area (Å²) in [7, 11) is 0. The van der Waals surface area contributed by atoms with Crippen molar-refractivity contribution >= 4 is 0 Å². The molecule has 52 heavy (non-hydrogen) atoms. The molecule has 4 rings (SSSR count). The van der Waals surface area contributed by atoms with Crippen LogP contribution in [0.2, 0.25) is 0 Å². The average molecular weight is 727 g/mol. The summed E-state index contributed by atoms with van der Waals surface area (Å²) in [5.74, 6) is 3.23. The molecule has 0 saturated carbocycles. The SMILES string of the molecule is CC(C)(C)c1cc(C(C)(C)C)on1.CC(C)(C)c1cnn(C(C)(C)C)n1.CC(C)(C)c1nnn(C(C)(C)C)n1.CC(C)(C)c1noc(C(C)(C)C)n1. The van der Waals surface area contributed by atoms with Gasteiger partial charge >= 0.3 is 0 Å². The zero-order chi connectivity index (χ0) is 41.1. The summed E-state index contributed by atoms with van der Waals surface area (Å²) < 4.78 is 10.5. The van der Waals surface area contributed by atoms with Crippen molar-refractivity contribution in [1.29, 1.82) is 0 Å². The van der Waals surface area contributed by atoms with E-state index in [9.17, 15) is 0 Å². The van der Waals surface area contributed by atoms with Gasteiger partial charge in [-0.3, -0.25) is 0 Å². The number of aromatic nitrogens is 10. The molecular formula is C40H74N10O2. The van der Waals surface area contributed by atoms with Gasteiger partial charge < -0.3 is 9.05 Å². The molecule has 4 aromatic heterocycles. The summed E-state index contributed by atoms with van der Waals surface area (Å²) in [6, 6.07) is 2.06. The van der Waals surface area contributed by atoms with E-state index in [2.05, 4.69) is 213 Å². The van der Waals surface area contributed by atoms with Crippen LogP contribution < -0.4 is 0 Å². The van der Waals surface area contributed by atoms with E-state index in [1.807, 2.05) is 6.20 Å². The van der Waals surface area contributed by atoms with Crippen LogP contribution in [0.15, 0.2) is 21.3 Å². The van der Waals surface area contributed by atoms with Crippen LogP contribution in [0.25, 0.3) is 0 Å². The van der Waals surface area contributed by atoms with Gasteiger partial charge in [-0.1, -0.05) is 135 Å². The lowest BCUT2D eigenvalue weighted by atomic mass is 9.88. The minimum atomic E-state index is -0.0868. The normalized spacial score (nSPS) is 13.4. The molecule has 12 heteroatoms. The number of nitrogens with zero attached hydrogens (tertiary/aromatic N) is 10. The van der Waals surface area contributed by atoms with Crippen LogP contribution in [-0.4, -0.2) is 50.5 Å². The second-order valence-electron chi connectivity index (χ2n) is 21.8. The Morgan fingerprint density at radius 1 is 0.462 bits per heavy atom. The molecule has 0 radical (unpaired) electrons. The summed E-state index contributed by atoms with van der Waals surface area (Å²) in [5, 5.41) is 29.2. The Bertz CT molecular complexity index is 1290. The maximum atomic E-state index is 5.31. The van der Waals surface area contributed by atoms with E-state index >= 15 is 0 Å². The molecular weight excluding hydrogens is 653 g/mol. The Labute approximate surface area is 315 Å². The van der Waals surface area contributed by atoms with E-state index in [0.29, 0.717) is 5.89 Å². The Balaban J connectivity index is 0.000000347. The van der Waals surface area contributed by atoms with Crippen LogP contribution in [0, 0.1) is 0 Å². The highest BCUT2D eigenvalue weighted by atomic mass is 16.5. The fourth-order valence-electron chi connectivity index (χ4n) is 3.54. The van der Waals surface area contributed by atoms with Crippen molar-refractivity contribution in [3.05, 3.63) is 47.0 Å². The molecule has 4 heterocycles. The molecule has 0 aliphatic heterocycles. The summed E-state index contributed by atoms with van der Waals surface area (Å²) in [4.78, 5) is 7.81. The van der Waals surface area contributed by atoms with E-state index in [1.54, 1.807) is 9.59 Å². The molecule has 0 aliphatic rings. The Morgan fingerprint density at radius 3 is 1.17 bits per heavy atom. The monoisotopic (exact) mass is 727 g/mol. The van der Waals surface area contributed by atoms with Gasteiger partial charge in [0.1, 0.15) is 5.76 Å². The fraction of sp³-hybridized carbons (Fsp3) is 0.800. The predicted octanol–water partition coefficient (Wildman–Crippen LogP) is 9.99. The Hall–Kier alpha value is -3.44. The molecule has 4 aromatic rings. The van der Waals surface area contributed by atoms with Crippen LogP contribution in [0.4, 0.5) is 0 Å². The summed E-state index contributed by atoms with van der Waals surface area (Å²) in [5.41, 5.74) is 2.06. The Kier molecular flexibility index (Phi) is 14.2. The molecule has 0 atom stereocenters. The highest BCUT2D eigenvalue weighted by Crippen LogP contribution is 2.28. The van der Waals surface area contributed by atoms with Gasteiger partial charge in [-0.25, -0.2) is 0 Å². The molecule has 12 nitrogen and oxygen atoms in total. The summed E-state index contributed by atoms with van der Waals surface area (Å²) >= 11 is 0. The van der Waals surface area contributed by atoms with Crippen molar-refractivity contribution in [3.63, 3.8) is 0 Å². The van der Waals surface area contributed by atoms with Crippen LogP contribution in [0.1, 0.15) is 201 Å². The van der Waals surface area contributed by atoms with Gasteiger partial charge in [-0.2, -0.15) is 24.8 Å². The first-order valence-corrected chi connectivity index (χ1v) is 18.4. The molecule has 0 amide bonds. The molecule has 0 unspecified atom stereocenters. The van der Waals surface area contributed by atoms with Crippen molar-refractivity contribution in [2.45, 2.75) is 210 Å². The van der Waals surface area contributed by atoms with E-state index < -0.39 is 0 Å². The van der Waals surface area contributed by atoms with E-state index in [4.69, 9.17) is 9.05 Å². The van der Waals surface area contributed by atoms with E-state index in [-0.39, 0.29) is 43.6 Å². The van der Waals surface area contributed by atoms with Crippen LogP contribution >= 0.6 is 0 Å². The van der Waals surface area contributed by atoms with E-state index in [0.717, 1.165) is 28.8 Å². The van der Waals surface area contributed by atoms with Crippen molar-refractivity contribution in [3.8, 4) is 0 Å². The van der Waals surface area contributed by atoms with Crippen molar-refractivity contribution in [2.75, 3.05) is 0 Å². The highest BCUT2D eigenvalue weighted by molar-refractivity contribution is 5.18. The van der Waals surface area contributed by atoms with Gasteiger partial charge in [0.15, 0.2) is 11.6 Å². The van der Waals surface area contributed by atoms with Crippen LogP contribution in [0.3, 0.4) is 0 Å². The smallest absolute Gasteiger partial charge is 0.232 e.